The van der Waals surface area contributed by atoms with Crippen molar-refractivity contribution in [3.05, 3.63) is 24.8 Å². The molecule has 7 heteroatoms. The summed E-state index contributed by atoms with van der Waals surface area (Å²) in [4.78, 5) is 18.8. The van der Waals surface area contributed by atoms with Crippen molar-refractivity contribution >= 4 is 11.9 Å². The van der Waals surface area contributed by atoms with E-state index in [1.54, 1.807) is 0 Å². The Labute approximate surface area is 99.0 Å². The summed E-state index contributed by atoms with van der Waals surface area (Å²) in [5.74, 6) is -1.92. The van der Waals surface area contributed by atoms with Gasteiger partial charge < -0.3 is 25.5 Å². The lowest BCUT2D eigenvalue weighted by Gasteiger charge is -1.96. The summed E-state index contributed by atoms with van der Waals surface area (Å²) in [6.07, 6.45) is -0.120. The zero-order chi connectivity index (χ0) is 14.4. The van der Waals surface area contributed by atoms with E-state index in [1.807, 2.05) is 0 Å². The minimum absolute atomic E-state index is 0.176. The molecule has 0 heterocycles. The van der Waals surface area contributed by atoms with Crippen LogP contribution in [0.25, 0.3) is 0 Å². The Kier molecular flexibility index (Phi) is 17.4. The van der Waals surface area contributed by atoms with Gasteiger partial charge in [-0.1, -0.05) is 13.2 Å². The van der Waals surface area contributed by atoms with Crippen LogP contribution in [0.1, 0.15) is 6.92 Å². The largest absolute Gasteiger partial charge is 0.478 e. The van der Waals surface area contributed by atoms with Gasteiger partial charge in [0.1, 0.15) is 6.10 Å². The third-order valence-electron chi connectivity index (χ3n) is 0.961. The fraction of sp³-hybridized carbons (Fsp3) is 0.400. The van der Waals surface area contributed by atoms with Gasteiger partial charge in [-0.3, -0.25) is 0 Å². The van der Waals surface area contributed by atoms with Crippen LogP contribution in [0.3, 0.4) is 0 Å². The summed E-state index contributed by atoms with van der Waals surface area (Å²) in [6, 6.07) is 0. The highest BCUT2D eigenvalue weighted by atomic mass is 16.4. The van der Waals surface area contributed by atoms with Gasteiger partial charge in [-0.25, -0.2) is 9.59 Å². The molecule has 0 bridgehead atoms. The van der Waals surface area contributed by atoms with E-state index in [1.165, 1.54) is 6.92 Å². The highest BCUT2D eigenvalue weighted by Crippen LogP contribution is 1.81. The second kappa shape index (κ2) is 14.3. The molecule has 0 rings (SSSR count). The van der Waals surface area contributed by atoms with Crippen LogP contribution in [-0.2, 0) is 9.59 Å². The second-order valence-electron chi connectivity index (χ2n) is 2.65. The van der Waals surface area contributed by atoms with Crippen molar-refractivity contribution in [2.45, 2.75) is 13.0 Å². The molecule has 0 unspecified atom stereocenters. The minimum atomic E-state index is -0.981. The number of carboxylic acid groups (broad SMARTS) is 2. The van der Waals surface area contributed by atoms with Crippen LogP contribution in [0.2, 0.25) is 0 Å². The van der Waals surface area contributed by atoms with Crippen molar-refractivity contribution in [2.24, 2.45) is 0 Å². The SMILES string of the molecule is C=C(C)C(=O)O.C=CC(=O)O.OCC(O)CO. The molecule has 0 aromatic rings. The maximum absolute atomic E-state index is 9.60. The average molecular weight is 250 g/mol. The molecule has 100 valence electrons. The van der Waals surface area contributed by atoms with Gasteiger partial charge in [-0.2, -0.15) is 0 Å². The summed E-state index contributed by atoms with van der Waals surface area (Å²) in [5, 5.41) is 39.5. The van der Waals surface area contributed by atoms with E-state index in [9.17, 15) is 9.59 Å². The first-order chi connectivity index (χ1) is 7.72. The molecule has 0 fully saturated rings. The van der Waals surface area contributed by atoms with Crippen molar-refractivity contribution in [1.29, 1.82) is 0 Å². The first kappa shape index (κ1) is 20.7. The lowest BCUT2D eigenvalue weighted by molar-refractivity contribution is -0.133. The van der Waals surface area contributed by atoms with E-state index in [4.69, 9.17) is 25.5 Å². The number of carbonyl (C=O) groups is 2. The average Bonchev–Trinajstić information content (AvgIpc) is 2.29. The van der Waals surface area contributed by atoms with Crippen LogP contribution in [0.5, 0.6) is 0 Å². The Balaban J connectivity index is -0.000000174. The normalized spacial score (nSPS) is 8.06. The predicted molar refractivity (Wildman–Crippen MR) is 60.5 cm³/mol. The highest BCUT2D eigenvalue weighted by Gasteiger charge is 1.93. The van der Waals surface area contributed by atoms with Crippen molar-refractivity contribution < 1.29 is 35.1 Å². The molecule has 5 N–H and O–H groups in total. The van der Waals surface area contributed by atoms with Crippen molar-refractivity contribution in [2.75, 3.05) is 13.2 Å². The Morgan fingerprint density at radius 1 is 1.24 bits per heavy atom. The summed E-state index contributed by atoms with van der Waals surface area (Å²) in [7, 11) is 0. The molecule has 0 aliphatic carbocycles. The molecule has 0 aliphatic rings. The lowest BCUT2D eigenvalue weighted by atomic mass is 10.4. The number of hydrogen-bond acceptors (Lipinski definition) is 5. The molecule has 0 aromatic heterocycles. The van der Waals surface area contributed by atoms with Crippen LogP contribution in [0, 0.1) is 0 Å². The second-order valence-corrected chi connectivity index (χ2v) is 2.65. The maximum atomic E-state index is 9.60. The molecule has 7 nitrogen and oxygen atoms in total. The molecule has 0 atom stereocenters. The van der Waals surface area contributed by atoms with E-state index in [0.717, 1.165) is 6.08 Å². The number of aliphatic carboxylic acids is 2. The highest BCUT2D eigenvalue weighted by molar-refractivity contribution is 5.84. The molecule has 0 saturated heterocycles. The molecule has 0 saturated carbocycles. The topological polar surface area (TPSA) is 135 Å². The first-order valence-electron chi connectivity index (χ1n) is 4.36. The molecule has 0 aliphatic heterocycles. The predicted octanol–water partition coefficient (Wildman–Crippen LogP) is -0.764. The standard InChI is InChI=1S/C4H6O2.C3H8O3.C3H4O2/c1-3(2)4(5)6;4-1-3(6)2-5;1-2-3(4)5/h1H2,2H3,(H,5,6);3-6H,1-2H2;2H,1H2,(H,4,5). The molecule has 0 amide bonds. The van der Waals surface area contributed by atoms with Gasteiger partial charge >= 0.3 is 11.9 Å². The Bertz CT molecular complexity index is 231. The molecule has 0 aromatic carbocycles. The summed E-state index contributed by atoms with van der Waals surface area (Å²) in [5.41, 5.74) is 0.176. The zero-order valence-corrected chi connectivity index (χ0v) is 9.54. The number of aliphatic hydroxyl groups is 3. The summed E-state index contributed by atoms with van der Waals surface area (Å²) < 4.78 is 0. The van der Waals surface area contributed by atoms with Crippen LogP contribution in [0.4, 0.5) is 0 Å². The Morgan fingerprint density at radius 2 is 1.47 bits per heavy atom. The fourth-order valence-corrected chi connectivity index (χ4v) is 0.0577. The van der Waals surface area contributed by atoms with Crippen LogP contribution in [-0.4, -0.2) is 56.8 Å². The summed E-state index contributed by atoms with van der Waals surface area (Å²) in [6.45, 7) is 6.83. The van der Waals surface area contributed by atoms with E-state index in [0.29, 0.717) is 0 Å². The maximum Gasteiger partial charge on any atom is 0.330 e. The van der Waals surface area contributed by atoms with Gasteiger partial charge in [0.05, 0.1) is 13.2 Å². The number of aliphatic hydroxyl groups excluding tert-OH is 3. The molecule has 17 heavy (non-hydrogen) atoms. The quantitative estimate of drug-likeness (QED) is 0.413. The van der Waals surface area contributed by atoms with Crippen molar-refractivity contribution in [1.82, 2.24) is 0 Å². The van der Waals surface area contributed by atoms with Gasteiger partial charge in [0.2, 0.25) is 0 Å². The van der Waals surface area contributed by atoms with Gasteiger partial charge in [0, 0.05) is 11.6 Å². The lowest BCUT2D eigenvalue weighted by Crippen LogP contribution is -2.15. The van der Waals surface area contributed by atoms with Gasteiger partial charge in [-0.05, 0) is 6.92 Å². The van der Waals surface area contributed by atoms with E-state index < -0.39 is 18.0 Å². The van der Waals surface area contributed by atoms with Gasteiger partial charge in [0.25, 0.3) is 0 Å². The Morgan fingerprint density at radius 3 is 1.47 bits per heavy atom. The van der Waals surface area contributed by atoms with E-state index >= 15 is 0 Å². The minimum Gasteiger partial charge on any atom is -0.478 e. The monoisotopic (exact) mass is 250 g/mol. The number of rotatable bonds is 4. The molecular weight excluding hydrogens is 232 g/mol. The summed E-state index contributed by atoms with van der Waals surface area (Å²) >= 11 is 0. The first-order valence-corrected chi connectivity index (χ1v) is 4.36. The Hall–Kier alpha value is -1.70. The molecule has 0 radical (unpaired) electrons. The molecule has 0 spiro atoms. The van der Waals surface area contributed by atoms with Crippen molar-refractivity contribution in [3.8, 4) is 0 Å². The third-order valence-corrected chi connectivity index (χ3v) is 0.961. The zero-order valence-electron chi connectivity index (χ0n) is 9.54. The van der Waals surface area contributed by atoms with E-state index in [-0.39, 0.29) is 18.8 Å². The van der Waals surface area contributed by atoms with Gasteiger partial charge in [-0.15, -0.1) is 0 Å². The van der Waals surface area contributed by atoms with Crippen LogP contribution < -0.4 is 0 Å². The van der Waals surface area contributed by atoms with E-state index in [2.05, 4.69) is 13.2 Å². The fourth-order valence-electron chi connectivity index (χ4n) is 0.0577. The van der Waals surface area contributed by atoms with Crippen LogP contribution in [0.15, 0.2) is 24.8 Å². The van der Waals surface area contributed by atoms with Gasteiger partial charge in [0.15, 0.2) is 0 Å². The number of carboxylic acids is 2. The third kappa shape index (κ3) is 31.4. The smallest absolute Gasteiger partial charge is 0.330 e. The van der Waals surface area contributed by atoms with Crippen molar-refractivity contribution in [3.63, 3.8) is 0 Å². The molecular formula is C10H18O7. The van der Waals surface area contributed by atoms with Crippen LogP contribution >= 0.6 is 0 Å². The number of hydrogen-bond donors (Lipinski definition) is 5.